The second-order valence-electron chi connectivity index (χ2n) is 3.97. The van der Waals surface area contributed by atoms with E-state index in [4.69, 9.17) is 15.6 Å². The van der Waals surface area contributed by atoms with E-state index in [9.17, 15) is 9.90 Å². The standard InChI is InChI=1S/C13H13NO4/c14-9-4-1-8(2-5-9)3-6-10-7-11(15)12(16)13(17)18-10/h1-6,10,15-16H,7,14H2/b6-3+. The van der Waals surface area contributed by atoms with Crippen molar-refractivity contribution in [2.75, 3.05) is 5.73 Å². The van der Waals surface area contributed by atoms with Crippen molar-refractivity contribution in [1.29, 1.82) is 0 Å². The molecule has 0 saturated heterocycles. The van der Waals surface area contributed by atoms with Crippen LogP contribution in [0.1, 0.15) is 12.0 Å². The van der Waals surface area contributed by atoms with Crippen LogP contribution in [0.2, 0.25) is 0 Å². The van der Waals surface area contributed by atoms with Crippen LogP contribution in [0.3, 0.4) is 0 Å². The number of hydrogen-bond donors (Lipinski definition) is 3. The average Bonchev–Trinajstić information content (AvgIpc) is 2.35. The first kappa shape index (κ1) is 12.0. The normalized spacial score (nSPS) is 20.2. The van der Waals surface area contributed by atoms with Crippen LogP contribution in [0.15, 0.2) is 41.9 Å². The maximum Gasteiger partial charge on any atom is 0.377 e. The smallest absolute Gasteiger partial charge is 0.377 e. The minimum absolute atomic E-state index is 0.0725. The van der Waals surface area contributed by atoms with Gasteiger partial charge in [0.2, 0.25) is 5.76 Å². The van der Waals surface area contributed by atoms with Gasteiger partial charge in [0.05, 0.1) is 0 Å². The summed E-state index contributed by atoms with van der Waals surface area (Å²) < 4.78 is 4.90. The number of aliphatic hydroxyl groups excluding tert-OH is 2. The van der Waals surface area contributed by atoms with Gasteiger partial charge in [0.25, 0.3) is 0 Å². The molecule has 1 atom stereocenters. The first-order chi connectivity index (χ1) is 8.56. The van der Waals surface area contributed by atoms with Crippen molar-refractivity contribution in [2.45, 2.75) is 12.5 Å². The van der Waals surface area contributed by atoms with Gasteiger partial charge in [0, 0.05) is 12.1 Å². The average molecular weight is 247 g/mol. The Labute approximate surface area is 104 Å². The van der Waals surface area contributed by atoms with Crippen molar-refractivity contribution in [2.24, 2.45) is 0 Å². The highest BCUT2D eigenvalue weighted by atomic mass is 16.6. The van der Waals surface area contributed by atoms with Crippen LogP contribution in [0.5, 0.6) is 0 Å². The molecule has 1 aliphatic rings. The lowest BCUT2D eigenvalue weighted by molar-refractivity contribution is -0.148. The number of nitrogens with two attached hydrogens (primary N) is 1. The number of carbonyl (C=O) groups excluding carboxylic acids is 1. The molecule has 0 aliphatic carbocycles. The number of ether oxygens (including phenoxy) is 1. The van der Waals surface area contributed by atoms with Gasteiger partial charge in [0.15, 0.2) is 0 Å². The van der Waals surface area contributed by atoms with E-state index in [-0.39, 0.29) is 12.2 Å². The molecule has 1 aromatic rings. The lowest BCUT2D eigenvalue weighted by Gasteiger charge is -2.19. The van der Waals surface area contributed by atoms with E-state index in [1.165, 1.54) is 0 Å². The molecule has 0 radical (unpaired) electrons. The molecule has 0 aromatic heterocycles. The fraction of sp³-hybridized carbons (Fsp3) is 0.154. The minimum Gasteiger partial charge on any atom is -0.508 e. The molecule has 18 heavy (non-hydrogen) atoms. The van der Waals surface area contributed by atoms with E-state index < -0.39 is 17.8 Å². The molecular formula is C13H13NO4. The molecular weight excluding hydrogens is 234 g/mol. The SMILES string of the molecule is Nc1ccc(/C=C/C2CC(O)=C(O)C(=O)O2)cc1. The van der Waals surface area contributed by atoms with Crippen molar-refractivity contribution in [3.63, 3.8) is 0 Å². The molecule has 1 aliphatic heterocycles. The molecule has 0 saturated carbocycles. The molecule has 5 nitrogen and oxygen atoms in total. The Hall–Kier alpha value is -2.43. The molecule has 1 unspecified atom stereocenters. The van der Waals surface area contributed by atoms with Gasteiger partial charge in [-0.15, -0.1) is 0 Å². The zero-order valence-corrected chi connectivity index (χ0v) is 9.54. The number of benzene rings is 1. The first-order valence-electron chi connectivity index (χ1n) is 5.42. The van der Waals surface area contributed by atoms with E-state index >= 15 is 0 Å². The van der Waals surface area contributed by atoms with Crippen molar-refractivity contribution in [3.8, 4) is 0 Å². The largest absolute Gasteiger partial charge is 0.508 e. The fourth-order valence-electron chi connectivity index (χ4n) is 1.57. The molecule has 5 heteroatoms. The van der Waals surface area contributed by atoms with Crippen LogP contribution < -0.4 is 5.73 Å². The van der Waals surface area contributed by atoms with Crippen LogP contribution in [0, 0.1) is 0 Å². The van der Waals surface area contributed by atoms with E-state index in [1.54, 1.807) is 24.3 Å². The third-order valence-electron chi connectivity index (χ3n) is 2.56. The number of rotatable bonds is 2. The summed E-state index contributed by atoms with van der Waals surface area (Å²) in [6.07, 6.45) is 2.90. The summed E-state index contributed by atoms with van der Waals surface area (Å²) >= 11 is 0. The summed E-state index contributed by atoms with van der Waals surface area (Å²) in [4.78, 5) is 11.1. The molecule has 0 amide bonds. The zero-order valence-electron chi connectivity index (χ0n) is 9.54. The zero-order chi connectivity index (χ0) is 13.1. The number of nitrogen functional groups attached to an aromatic ring is 1. The second kappa shape index (κ2) is 4.83. The van der Waals surface area contributed by atoms with Gasteiger partial charge in [-0.2, -0.15) is 0 Å². The second-order valence-corrected chi connectivity index (χ2v) is 3.97. The first-order valence-corrected chi connectivity index (χ1v) is 5.42. The van der Waals surface area contributed by atoms with Crippen molar-refractivity contribution < 1.29 is 19.7 Å². The summed E-state index contributed by atoms with van der Waals surface area (Å²) in [5.41, 5.74) is 7.13. The van der Waals surface area contributed by atoms with Gasteiger partial charge in [-0.3, -0.25) is 0 Å². The van der Waals surface area contributed by atoms with Crippen LogP contribution in [-0.4, -0.2) is 22.3 Å². The summed E-state index contributed by atoms with van der Waals surface area (Å²) in [6.45, 7) is 0. The Morgan fingerprint density at radius 1 is 1.28 bits per heavy atom. The fourth-order valence-corrected chi connectivity index (χ4v) is 1.57. The van der Waals surface area contributed by atoms with Gasteiger partial charge in [0.1, 0.15) is 11.9 Å². The highest BCUT2D eigenvalue weighted by Gasteiger charge is 2.26. The number of cyclic esters (lactones) is 1. The monoisotopic (exact) mass is 247 g/mol. The summed E-state index contributed by atoms with van der Waals surface area (Å²) in [5.74, 6) is -1.98. The van der Waals surface area contributed by atoms with Gasteiger partial charge >= 0.3 is 5.97 Å². The number of esters is 1. The summed E-state index contributed by atoms with van der Waals surface area (Å²) in [7, 11) is 0. The predicted molar refractivity (Wildman–Crippen MR) is 66.7 cm³/mol. The van der Waals surface area contributed by atoms with E-state index in [2.05, 4.69) is 0 Å². The maximum absolute atomic E-state index is 11.1. The van der Waals surface area contributed by atoms with Crippen molar-refractivity contribution >= 4 is 17.7 Å². The number of carbonyl (C=O) groups is 1. The minimum atomic E-state index is -0.911. The Balaban J connectivity index is 2.07. The Morgan fingerprint density at radius 3 is 2.56 bits per heavy atom. The topological polar surface area (TPSA) is 92.8 Å². The van der Waals surface area contributed by atoms with Crippen molar-refractivity contribution in [1.82, 2.24) is 0 Å². The summed E-state index contributed by atoms with van der Waals surface area (Å²) in [5, 5.41) is 18.4. The third kappa shape index (κ3) is 2.63. The summed E-state index contributed by atoms with van der Waals surface area (Å²) in [6, 6.07) is 7.17. The highest BCUT2D eigenvalue weighted by molar-refractivity contribution is 5.87. The van der Waals surface area contributed by atoms with Gasteiger partial charge in [-0.05, 0) is 23.8 Å². The Bertz CT molecular complexity index is 516. The highest BCUT2D eigenvalue weighted by Crippen LogP contribution is 2.19. The Morgan fingerprint density at radius 2 is 1.94 bits per heavy atom. The molecule has 0 fully saturated rings. The lowest BCUT2D eigenvalue weighted by atomic mass is 10.1. The van der Waals surface area contributed by atoms with Crippen LogP contribution in [-0.2, 0) is 9.53 Å². The Kier molecular flexibility index (Phi) is 3.23. The van der Waals surface area contributed by atoms with E-state index in [0.717, 1.165) is 5.56 Å². The molecule has 1 aromatic carbocycles. The van der Waals surface area contributed by atoms with E-state index in [0.29, 0.717) is 5.69 Å². The molecule has 94 valence electrons. The number of hydrogen-bond acceptors (Lipinski definition) is 5. The quantitative estimate of drug-likeness (QED) is 0.548. The molecule has 0 bridgehead atoms. The predicted octanol–water partition coefficient (Wildman–Crippen LogP) is 1.93. The van der Waals surface area contributed by atoms with Gasteiger partial charge in [-0.25, -0.2) is 4.79 Å². The van der Waals surface area contributed by atoms with Crippen molar-refractivity contribution in [3.05, 3.63) is 47.4 Å². The van der Waals surface area contributed by atoms with Crippen LogP contribution >= 0.6 is 0 Å². The maximum atomic E-state index is 11.1. The molecule has 4 N–H and O–H groups in total. The lowest BCUT2D eigenvalue weighted by Crippen LogP contribution is -2.25. The van der Waals surface area contributed by atoms with E-state index in [1.807, 2.05) is 12.1 Å². The molecule has 1 heterocycles. The number of aliphatic hydroxyl groups is 2. The third-order valence-corrected chi connectivity index (χ3v) is 2.56. The van der Waals surface area contributed by atoms with Gasteiger partial charge in [-0.1, -0.05) is 18.2 Å². The van der Waals surface area contributed by atoms with Crippen LogP contribution in [0.25, 0.3) is 6.08 Å². The molecule has 2 rings (SSSR count). The number of anilines is 1. The van der Waals surface area contributed by atoms with Gasteiger partial charge < -0.3 is 20.7 Å². The van der Waals surface area contributed by atoms with Crippen LogP contribution in [0.4, 0.5) is 5.69 Å². The molecule has 0 spiro atoms.